The molecular weight excluding hydrogens is 1590 g/mol. The monoisotopic (exact) mass is 1690 g/mol. The molecule has 12 rings (SSSR count). The van der Waals surface area contributed by atoms with Gasteiger partial charge < -0.3 is 39.7 Å². The Hall–Kier alpha value is -11.3. The molecule has 12 aromatic carbocycles. The molecule has 0 atom stereocenters. The third-order valence-electron chi connectivity index (χ3n) is 21.1. The van der Waals surface area contributed by atoms with Crippen LogP contribution in [0.15, 0.2) is 299 Å². The molecule has 0 aliphatic carbocycles. The van der Waals surface area contributed by atoms with Gasteiger partial charge in [-0.2, -0.15) is 33.7 Å². The molecule has 0 saturated carbocycles. The molecule has 20 nitrogen and oxygen atoms in total. The smallest absolute Gasteiger partial charge is 0.296 e. The van der Waals surface area contributed by atoms with Gasteiger partial charge >= 0.3 is 0 Å². The van der Waals surface area contributed by atoms with E-state index in [2.05, 4.69) is 205 Å². The molecule has 0 spiro atoms. The summed E-state index contributed by atoms with van der Waals surface area (Å²) in [4.78, 5) is 9.39. The second-order valence-corrected chi connectivity index (χ2v) is 35.5. The highest BCUT2D eigenvalue weighted by atomic mass is 32.2. The van der Waals surface area contributed by atoms with Crippen molar-refractivity contribution < 1.29 is 59.9 Å². The lowest BCUT2D eigenvalue weighted by molar-refractivity contribution is 0.340. The first-order valence-electron chi connectivity index (χ1n) is 39.9. The van der Waals surface area contributed by atoms with Crippen LogP contribution in [-0.2, 0) is 83.4 Å². The van der Waals surface area contributed by atoms with Crippen LogP contribution in [-0.4, -0.2) is 102 Å². The lowest BCUT2D eigenvalue weighted by Crippen LogP contribution is -2.23. The van der Waals surface area contributed by atoms with Crippen LogP contribution in [0.25, 0.3) is 0 Å². The summed E-state index contributed by atoms with van der Waals surface area (Å²) in [6, 6.07) is 90.7. The number of nitrogens with one attached hydrogen (secondary N) is 2. The summed E-state index contributed by atoms with van der Waals surface area (Å²) >= 11 is 0. The number of rotatable bonds is 38. The van der Waals surface area contributed by atoms with Crippen molar-refractivity contribution in [2.75, 3.05) is 98.1 Å². The van der Waals surface area contributed by atoms with Crippen LogP contribution in [0.4, 0.5) is 45.5 Å². The van der Waals surface area contributed by atoms with Gasteiger partial charge in [-0.15, -0.1) is 0 Å². The largest absolute Gasteiger partial charge is 0.494 e. The number of anilines is 8. The minimum atomic E-state index is -3.81. The molecule has 0 aliphatic heterocycles. The summed E-state index contributed by atoms with van der Waals surface area (Å²) in [5.41, 5.74) is 20.5. The number of aryl methyl sites for hydroxylation is 2. The second-order valence-electron chi connectivity index (χ2n) is 28.7. The number of benzene rings is 12. The molecule has 0 fully saturated rings. The Morgan fingerprint density at radius 1 is 0.283 bits per heavy atom. The molecule has 0 amide bonds. The average Bonchev–Trinajstić information content (AvgIpc) is 0.775. The predicted molar refractivity (Wildman–Crippen MR) is 481 cm³/mol. The van der Waals surface area contributed by atoms with E-state index >= 15 is 0 Å². The molecule has 2 N–H and O–H groups in total. The van der Waals surface area contributed by atoms with Crippen LogP contribution in [0.1, 0.15) is 120 Å². The van der Waals surface area contributed by atoms with E-state index in [0.29, 0.717) is 65.6 Å². The van der Waals surface area contributed by atoms with Crippen LogP contribution in [0.2, 0.25) is 0 Å². The van der Waals surface area contributed by atoms with Crippen LogP contribution < -0.4 is 39.7 Å². The number of hydrogen-bond donors (Lipinski definition) is 2. The van der Waals surface area contributed by atoms with E-state index in [4.69, 9.17) is 26.2 Å². The number of hydrogen-bond acceptors (Lipinski definition) is 20. The van der Waals surface area contributed by atoms with E-state index in [1.807, 2.05) is 86.6 Å². The number of ether oxygens (including phenoxy) is 2. The topological polar surface area (TPSA) is 229 Å². The first kappa shape index (κ1) is 89.5. The molecule has 0 aliphatic rings. The van der Waals surface area contributed by atoms with Gasteiger partial charge in [0.15, 0.2) is 0 Å². The van der Waals surface area contributed by atoms with Gasteiger partial charge in [0, 0.05) is 110 Å². The van der Waals surface area contributed by atoms with E-state index in [1.165, 1.54) is 39.6 Å². The summed E-state index contributed by atoms with van der Waals surface area (Å²) in [5, 5.41) is 7.01. The van der Waals surface area contributed by atoms with Crippen LogP contribution in [0.5, 0.6) is 11.5 Å². The standard InChI is InChI=1S/C49H55N3O7S2.C47H51N3O7S2/c1-8-51(33-37-13-11-15-45(31-37)60(53,54)57-6)42-23-27-47(35(4)29-42)49(39-17-19-40(20-18-39)50-41-21-25-44(26-22-41)59-10-3)48-28-24-43(30-36(48)5)52(9-2)34-38-14-12-16-46(32-38)61(55,56)58-7;1-6-49(33-35-11-9-13-45(31-35)58(51,52)55-4)42-25-17-38(18-26-42)47(37-15-21-40(22-16-37)48-41-23-29-44(30-24-41)57-8-3)39-19-27-43(28-20-39)50(7-2)34-36-12-10-14-46(32-36)59(53,54)56-5/h11-32,49-50H,8-10,33-34H2,1-7H3;9-32,47-48H,6-8,33-34H2,1-5H3. The fraction of sp³-hybridized carbons (Fsp3) is 0.250. The molecule has 0 radical (unpaired) electrons. The average molecular weight is 1700 g/mol. The molecule has 24 heteroatoms. The van der Waals surface area contributed by atoms with Crippen molar-refractivity contribution in [1.29, 1.82) is 0 Å². The van der Waals surface area contributed by atoms with Gasteiger partial charge in [0.25, 0.3) is 40.5 Å². The van der Waals surface area contributed by atoms with Crippen molar-refractivity contribution in [3.8, 4) is 11.5 Å². The normalized spacial score (nSPS) is 11.7. The van der Waals surface area contributed by atoms with Crippen LogP contribution >= 0.6 is 0 Å². The van der Waals surface area contributed by atoms with Crippen molar-refractivity contribution >= 4 is 86.0 Å². The molecule has 0 aromatic heterocycles. The Labute approximate surface area is 709 Å². The maximum Gasteiger partial charge on any atom is 0.296 e. The van der Waals surface area contributed by atoms with Gasteiger partial charge in [-0.25, -0.2) is 0 Å². The summed E-state index contributed by atoms with van der Waals surface area (Å²) in [5.74, 6) is 1.47. The zero-order valence-corrected chi connectivity index (χ0v) is 73.2. The first-order valence-corrected chi connectivity index (χ1v) is 45.6. The predicted octanol–water partition coefficient (Wildman–Crippen LogP) is 20.1. The van der Waals surface area contributed by atoms with E-state index in [9.17, 15) is 33.7 Å². The molecule has 628 valence electrons. The summed E-state index contributed by atoms with van der Waals surface area (Å²) in [6.45, 7) is 22.8. The molecule has 0 saturated heterocycles. The van der Waals surface area contributed by atoms with Gasteiger partial charge in [0.05, 0.1) is 61.2 Å². The second kappa shape index (κ2) is 41.1. The summed E-state index contributed by atoms with van der Waals surface area (Å²) in [7, 11) is -10.6. The van der Waals surface area contributed by atoms with Gasteiger partial charge in [0.2, 0.25) is 0 Å². The summed E-state index contributed by atoms with van der Waals surface area (Å²) < 4.78 is 129. The van der Waals surface area contributed by atoms with Gasteiger partial charge in [-0.3, -0.25) is 16.7 Å². The Bertz CT molecular complexity index is 5620. The van der Waals surface area contributed by atoms with Crippen molar-refractivity contribution in [2.45, 2.75) is 113 Å². The zero-order valence-electron chi connectivity index (χ0n) is 69.9. The summed E-state index contributed by atoms with van der Waals surface area (Å²) in [6.07, 6.45) is 0. The van der Waals surface area contributed by atoms with Crippen molar-refractivity contribution in [2.24, 2.45) is 0 Å². The quantitative estimate of drug-likeness (QED) is 0.0271. The van der Waals surface area contributed by atoms with E-state index in [1.54, 1.807) is 72.8 Å². The molecule has 0 unspecified atom stereocenters. The van der Waals surface area contributed by atoms with Gasteiger partial charge in [-0.05, 0) is 292 Å². The highest BCUT2D eigenvalue weighted by Gasteiger charge is 2.26. The van der Waals surface area contributed by atoms with E-state index in [-0.39, 0.29) is 31.4 Å². The first-order chi connectivity index (χ1) is 57.7. The van der Waals surface area contributed by atoms with Gasteiger partial charge in [0.1, 0.15) is 11.5 Å². The Balaban J connectivity index is 0.000000235. The Morgan fingerprint density at radius 3 is 0.775 bits per heavy atom. The zero-order chi connectivity index (χ0) is 85.7. The van der Waals surface area contributed by atoms with E-state index in [0.717, 1.165) is 113 Å². The minimum Gasteiger partial charge on any atom is -0.494 e. The Kier molecular flexibility index (Phi) is 30.6. The molecule has 0 heterocycles. The SMILES string of the molecule is CCOc1ccc(Nc2ccc(C(c3ccc(N(CC)Cc4cccc(S(=O)(=O)OC)c4)cc3)c3ccc(N(CC)Cc4cccc(S(=O)(=O)OC)c4)cc3)cc2)cc1.CCOc1ccc(Nc2ccc(C(c3ccc(N(CC)Cc4cccc(S(=O)(=O)OC)c4)cc3C)c3ccc(N(CC)Cc4cccc(S(=O)(=O)OC)c4)cc3C)cc2)cc1. The maximum atomic E-state index is 12.4. The maximum absolute atomic E-state index is 12.4. The molecule has 12 aromatic rings. The van der Waals surface area contributed by atoms with Crippen LogP contribution in [0, 0.1) is 13.8 Å². The van der Waals surface area contributed by atoms with Crippen LogP contribution in [0.3, 0.4) is 0 Å². The third kappa shape index (κ3) is 22.8. The number of nitrogens with zero attached hydrogens (tertiary/aromatic N) is 4. The van der Waals surface area contributed by atoms with Crippen molar-refractivity contribution in [3.63, 3.8) is 0 Å². The molecular formula is C96H106N6O14S4. The highest BCUT2D eigenvalue weighted by Crippen LogP contribution is 2.41. The van der Waals surface area contributed by atoms with Gasteiger partial charge in [-0.1, -0.05) is 109 Å². The molecule has 0 bridgehead atoms. The minimum absolute atomic E-state index is 0.0883. The van der Waals surface area contributed by atoms with Crippen molar-refractivity contribution in [1.82, 2.24) is 0 Å². The lowest BCUT2D eigenvalue weighted by atomic mass is 9.81. The fourth-order valence-corrected chi connectivity index (χ4v) is 17.6. The lowest BCUT2D eigenvalue weighted by Gasteiger charge is -2.28. The van der Waals surface area contributed by atoms with E-state index < -0.39 is 40.5 Å². The van der Waals surface area contributed by atoms with Crippen molar-refractivity contribution in [3.05, 3.63) is 346 Å². The fourth-order valence-electron chi connectivity index (χ4n) is 14.7. The molecule has 120 heavy (non-hydrogen) atoms. The highest BCUT2D eigenvalue weighted by molar-refractivity contribution is 7.87. The Morgan fingerprint density at radius 2 is 0.525 bits per heavy atom. The third-order valence-corrected chi connectivity index (χ3v) is 26.2.